The summed E-state index contributed by atoms with van der Waals surface area (Å²) in [5.41, 5.74) is 4.77. The molecule has 2 heteroatoms. The number of rotatable bonds is 1. The van der Waals surface area contributed by atoms with E-state index in [1.165, 1.54) is 0 Å². The Labute approximate surface area is 49.3 Å². The molecule has 1 radical (unpaired) electrons. The van der Waals surface area contributed by atoms with Gasteiger partial charge in [0.2, 0.25) is 0 Å². The lowest BCUT2D eigenvalue weighted by Crippen LogP contribution is -2.00. The lowest BCUT2D eigenvalue weighted by atomic mass is 10.1. The van der Waals surface area contributed by atoms with Crippen LogP contribution in [0.2, 0.25) is 0 Å². The smallest absolute Gasteiger partial charge is 0.0671 e. The van der Waals surface area contributed by atoms with Crippen LogP contribution in [0, 0.1) is 5.92 Å². The summed E-state index contributed by atoms with van der Waals surface area (Å²) in [6.45, 7) is 4.20. The second-order valence-electron chi connectivity index (χ2n) is 2.11. The molecule has 0 saturated heterocycles. The summed E-state index contributed by atoms with van der Waals surface area (Å²) in [7, 11) is 0. The third-order valence-electron chi connectivity index (χ3n) is 1.08. The normalized spacial score (nSPS) is 16.6. The van der Waals surface area contributed by atoms with E-state index < -0.39 is 0 Å². The Morgan fingerprint density at radius 3 is 2.50 bits per heavy atom. The van der Waals surface area contributed by atoms with Gasteiger partial charge in [0.05, 0.1) is 11.9 Å². The summed E-state index contributed by atoms with van der Waals surface area (Å²) in [6.07, 6.45) is 3.65. The van der Waals surface area contributed by atoms with E-state index in [9.17, 15) is 0 Å². The second-order valence-corrected chi connectivity index (χ2v) is 2.11. The van der Waals surface area contributed by atoms with Crippen LogP contribution in [0.25, 0.3) is 0 Å². The molecule has 0 aromatic heterocycles. The van der Waals surface area contributed by atoms with Crippen molar-refractivity contribution in [3.63, 3.8) is 0 Å². The van der Waals surface area contributed by atoms with Crippen molar-refractivity contribution in [2.75, 3.05) is 0 Å². The zero-order valence-corrected chi connectivity index (χ0v) is 5.13. The lowest BCUT2D eigenvalue weighted by Gasteiger charge is -1.96. The Kier molecular flexibility index (Phi) is 1.33. The second kappa shape index (κ2) is 1.99. The first-order chi connectivity index (χ1) is 3.80. The highest BCUT2D eigenvalue weighted by atomic mass is 15.3. The molecule has 8 heavy (non-hydrogen) atoms. The predicted octanol–water partition coefficient (Wildman–Crippen LogP) is 1.13. The van der Waals surface area contributed by atoms with E-state index in [0.29, 0.717) is 5.92 Å². The third kappa shape index (κ3) is 0.886. The Morgan fingerprint density at radius 1 is 1.50 bits per heavy atom. The van der Waals surface area contributed by atoms with Gasteiger partial charge in [0, 0.05) is 0 Å². The minimum absolute atomic E-state index is 0.512. The molecule has 0 bridgehead atoms. The Bertz CT molecular complexity index is 133. The van der Waals surface area contributed by atoms with E-state index in [4.69, 9.17) is 0 Å². The highest BCUT2D eigenvalue weighted by Crippen LogP contribution is 2.01. The predicted molar refractivity (Wildman–Crippen MR) is 33.5 cm³/mol. The first-order valence-corrected chi connectivity index (χ1v) is 2.75. The minimum Gasteiger partial charge on any atom is -0.159 e. The topological polar surface area (TPSA) is 26.5 Å². The van der Waals surface area contributed by atoms with Gasteiger partial charge in [-0.3, -0.25) is 0 Å². The maximum absolute atomic E-state index is 3.87. The van der Waals surface area contributed by atoms with E-state index in [1.54, 1.807) is 6.20 Å². The van der Waals surface area contributed by atoms with Gasteiger partial charge in [-0.2, -0.15) is 10.5 Å². The molecule has 0 spiro atoms. The molecule has 1 rings (SSSR count). The fraction of sp³-hybridized carbons (Fsp3) is 0.500. The Hall–Kier alpha value is -0.790. The molecule has 0 amide bonds. The van der Waals surface area contributed by atoms with Crippen molar-refractivity contribution in [1.82, 2.24) is 5.43 Å². The molecule has 0 fully saturated rings. The van der Waals surface area contributed by atoms with Crippen LogP contribution in [0.3, 0.4) is 0 Å². The zero-order chi connectivity index (χ0) is 5.98. The molecule has 0 atom stereocenters. The van der Waals surface area contributed by atoms with Gasteiger partial charge >= 0.3 is 0 Å². The van der Waals surface area contributed by atoms with Crippen molar-refractivity contribution in [3.05, 3.63) is 12.3 Å². The van der Waals surface area contributed by atoms with Crippen molar-refractivity contribution in [1.29, 1.82) is 0 Å². The quantitative estimate of drug-likeness (QED) is 0.482. The highest BCUT2D eigenvalue weighted by Gasteiger charge is 2.03. The molecule has 0 aromatic rings. The van der Waals surface area contributed by atoms with E-state index in [-0.39, 0.29) is 0 Å². The first-order valence-electron chi connectivity index (χ1n) is 2.75. The molecule has 43 valence electrons. The van der Waals surface area contributed by atoms with Crippen LogP contribution >= 0.6 is 0 Å². The monoisotopic (exact) mass is 109 g/mol. The van der Waals surface area contributed by atoms with Crippen LogP contribution in [0.1, 0.15) is 13.8 Å². The van der Waals surface area contributed by atoms with Crippen LogP contribution < -0.4 is 5.43 Å². The summed E-state index contributed by atoms with van der Waals surface area (Å²) in [6, 6.07) is 0. The maximum atomic E-state index is 3.87. The minimum atomic E-state index is 0.512. The first kappa shape index (κ1) is 5.35. The molecule has 0 aliphatic carbocycles. The molecular weight excluding hydrogens is 100 g/mol. The van der Waals surface area contributed by atoms with Gasteiger partial charge in [0.1, 0.15) is 0 Å². The number of hydrogen-bond acceptors (Lipinski definition) is 1. The molecule has 0 unspecified atom stereocenters. The van der Waals surface area contributed by atoms with Crippen molar-refractivity contribution < 1.29 is 0 Å². The van der Waals surface area contributed by atoms with Crippen LogP contribution in [-0.4, -0.2) is 5.71 Å². The van der Waals surface area contributed by atoms with Crippen LogP contribution in [0.5, 0.6) is 0 Å². The highest BCUT2D eigenvalue weighted by molar-refractivity contribution is 5.97. The van der Waals surface area contributed by atoms with Crippen molar-refractivity contribution in [2.45, 2.75) is 13.8 Å². The van der Waals surface area contributed by atoms with E-state index in [0.717, 1.165) is 5.71 Å². The fourth-order valence-electron chi connectivity index (χ4n) is 0.551. The molecule has 1 aliphatic heterocycles. The lowest BCUT2D eigenvalue weighted by molar-refractivity contribution is 0.866. The maximum Gasteiger partial charge on any atom is 0.0671 e. The van der Waals surface area contributed by atoms with Gasteiger partial charge in [-0.05, 0) is 12.0 Å². The SMILES string of the molecule is CC(C)C1=N[N]C=C1. The third-order valence-corrected chi connectivity index (χ3v) is 1.08. The van der Waals surface area contributed by atoms with Gasteiger partial charge in [-0.25, -0.2) is 0 Å². The Morgan fingerprint density at radius 2 is 2.25 bits per heavy atom. The van der Waals surface area contributed by atoms with Crippen LogP contribution in [0.4, 0.5) is 0 Å². The van der Waals surface area contributed by atoms with E-state index in [2.05, 4.69) is 24.4 Å². The van der Waals surface area contributed by atoms with Gasteiger partial charge in [-0.15, -0.1) is 0 Å². The zero-order valence-electron chi connectivity index (χ0n) is 5.13. The van der Waals surface area contributed by atoms with Crippen molar-refractivity contribution in [2.24, 2.45) is 11.0 Å². The summed E-state index contributed by atoms with van der Waals surface area (Å²) in [5, 5.41) is 3.87. The summed E-state index contributed by atoms with van der Waals surface area (Å²) >= 11 is 0. The molecule has 2 nitrogen and oxygen atoms in total. The summed E-state index contributed by atoms with van der Waals surface area (Å²) < 4.78 is 0. The van der Waals surface area contributed by atoms with Crippen molar-refractivity contribution in [3.8, 4) is 0 Å². The van der Waals surface area contributed by atoms with E-state index in [1.807, 2.05) is 6.08 Å². The molecular formula is C6H9N2. The largest absolute Gasteiger partial charge is 0.159 e. The van der Waals surface area contributed by atoms with Gasteiger partial charge in [0.15, 0.2) is 0 Å². The van der Waals surface area contributed by atoms with Gasteiger partial charge in [0.25, 0.3) is 0 Å². The number of nitrogens with zero attached hydrogens (tertiary/aromatic N) is 2. The van der Waals surface area contributed by atoms with Crippen LogP contribution in [-0.2, 0) is 0 Å². The molecule has 0 N–H and O–H groups in total. The number of allylic oxidation sites excluding steroid dienone is 1. The average molecular weight is 109 g/mol. The molecule has 0 aromatic carbocycles. The molecule has 0 saturated carbocycles. The van der Waals surface area contributed by atoms with Crippen molar-refractivity contribution >= 4 is 5.71 Å². The number of hydrogen-bond donors (Lipinski definition) is 0. The molecule has 1 aliphatic rings. The standard InChI is InChI=1S/C6H9N2/c1-5(2)6-3-4-7-8-6/h3-5H,1-2H3. The molecule has 1 heterocycles. The summed E-state index contributed by atoms with van der Waals surface area (Å²) in [4.78, 5) is 0. The van der Waals surface area contributed by atoms with Gasteiger partial charge in [-0.1, -0.05) is 13.8 Å². The summed E-state index contributed by atoms with van der Waals surface area (Å²) in [5.74, 6) is 0.512. The van der Waals surface area contributed by atoms with E-state index >= 15 is 0 Å². The Balaban J connectivity index is 2.58. The fourth-order valence-corrected chi connectivity index (χ4v) is 0.551. The average Bonchev–Trinajstić information content (AvgIpc) is 2.12. The van der Waals surface area contributed by atoms with Gasteiger partial charge < -0.3 is 0 Å². The van der Waals surface area contributed by atoms with Crippen LogP contribution in [0.15, 0.2) is 17.4 Å².